The summed E-state index contributed by atoms with van der Waals surface area (Å²) in [7, 11) is 2.15. The van der Waals surface area contributed by atoms with E-state index in [2.05, 4.69) is 12.4 Å². The van der Waals surface area contributed by atoms with E-state index in [1.807, 2.05) is 0 Å². The third kappa shape index (κ3) is 3.39. The van der Waals surface area contributed by atoms with Crippen molar-refractivity contribution in [3.8, 4) is 0 Å². The van der Waals surface area contributed by atoms with Crippen molar-refractivity contribution in [1.82, 2.24) is 5.32 Å². The van der Waals surface area contributed by atoms with E-state index in [0.717, 1.165) is 24.5 Å². The molecular formula is C18H33NO. The minimum atomic E-state index is 0.294. The van der Waals surface area contributed by atoms with E-state index >= 15 is 0 Å². The predicted octanol–water partition coefficient (Wildman–Crippen LogP) is 4.28. The molecule has 20 heavy (non-hydrogen) atoms. The Kier molecular flexibility index (Phi) is 5.04. The van der Waals surface area contributed by atoms with Crippen LogP contribution in [0.4, 0.5) is 0 Å². The maximum atomic E-state index is 6.30. The molecule has 1 heterocycles. The first-order valence-electron chi connectivity index (χ1n) is 9.12. The molecule has 0 radical (unpaired) electrons. The molecule has 0 aromatic carbocycles. The molecule has 1 N–H and O–H groups in total. The average Bonchev–Trinajstić information content (AvgIpc) is 2.73. The fraction of sp³-hybridized carbons (Fsp3) is 1.00. The number of rotatable bonds is 2. The van der Waals surface area contributed by atoms with Gasteiger partial charge in [-0.15, -0.1) is 0 Å². The minimum absolute atomic E-state index is 0.294. The van der Waals surface area contributed by atoms with Crippen molar-refractivity contribution in [2.75, 3.05) is 13.7 Å². The Morgan fingerprint density at radius 1 is 0.900 bits per heavy atom. The van der Waals surface area contributed by atoms with Crippen molar-refractivity contribution in [1.29, 1.82) is 0 Å². The zero-order valence-electron chi connectivity index (χ0n) is 13.3. The third-order valence-corrected chi connectivity index (χ3v) is 6.34. The number of ether oxygens (including phenoxy) is 1. The van der Waals surface area contributed by atoms with Crippen LogP contribution in [-0.4, -0.2) is 25.3 Å². The van der Waals surface area contributed by atoms with Crippen molar-refractivity contribution in [2.45, 2.75) is 88.7 Å². The van der Waals surface area contributed by atoms with Crippen LogP contribution in [0.1, 0.15) is 77.0 Å². The lowest BCUT2D eigenvalue weighted by Gasteiger charge is -2.46. The van der Waals surface area contributed by atoms with Crippen LogP contribution < -0.4 is 5.32 Å². The van der Waals surface area contributed by atoms with Gasteiger partial charge in [0.05, 0.1) is 5.60 Å². The molecule has 0 aromatic rings. The minimum Gasteiger partial charge on any atom is -0.375 e. The molecule has 3 rings (SSSR count). The Labute approximate surface area is 125 Å². The molecule has 2 saturated carbocycles. The monoisotopic (exact) mass is 279 g/mol. The molecule has 3 unspecified atom stereocenters. The summed E-state index contributed by atoms with van der Waals surface area (Å²) in [6.07, 6.45) is 16.8. The van der Waals surface area contributed by atoms with Crippen molar-refractivity contribution < 1.29 is 4.74 Å². The Balaban J connectivity index is 1.63. The van der Waals surface area contributed by atoms with Crippen LogP contribution in [0, 0.1) is 11.8 Å². The van der Waals surface area contributed by atoms with Gasteiger partial charge in [-0.3, -0.25) is 0 Å². The molecule has 3 aliphatic rings. The number of nitrogens with one attached hydrogen (secondary N) is 1. The summed E-state index contributed by atoms with van der Waals surface area (Å²) < 4.78 is 6.30. The SMILES string of the molecule is CNC1CCCCC(C2CCOC3(CCCCC3)C2)C1. The first-order valence-corrected chi connectivity index (χ1v) is 9.12. The van der Waals surface area contributed by atoms with Crippen molar-refractivity contribution in [3.05, 3.63) is 0 Å². The summed E-state index contributed by atoms with van der Waals surface area (Å²) >= 11 is 0. The lowest BCUT2D eigenvalue weighted by molar-refractivity contribution is -0.126. The lowest BCUT2D eigenvalue weighted by atomic mass is 9.70. The van der Waals surface area contributed by atoms with Crippen LogP contribution in [0.3, 0.4) is 0 Å². The highest BCUT2D eigenvalue weighted by molar-refractivity contribution is 4.92. The molecule has 2 nitrogen and oxygen atoms in total. The number of hydrogen-bond donors (Lipinski definition) is 1. The van der Waals surface area contributed by atoms with Crippen molar-refractivity contribution in [3.63, 3.8) is 0 Å². The molecule has 0 bridgehead atoms. The molecule has 116 valence electrons. The van der Waals surface area contributed by atoms with Crippen LogP contribution in [0.2, 0.25) is 0 Å². The van der Waals surface area contributed by atoms with E-state index in [4.69, 9.17) is 4.74 Å². The fourth-order valence-electron chi connectivity index (χ4n) is 5.10. The highest BCUT2D eigenvalue weighted by Crippen LogP contribution is 2.45. The maximum absolute atomic E-state index is 6.30. The number of hydrogen-bond acceptors (Lipinski definition) is 2. The van der Waals surface area contributed by atoms with Crippen LogP contribution >= 0.6 is 0 Å². The molecule has 2 aliphatic carbocycles. The van der Waals surface area contributed by atoms with Crippen LogP contribution in [0.25, 0.3) is 0 Å². The standard InChI is InChI=1S/C18H33NO/c1-19-17-8-4-3-7-15(13-17)16-9-12-20-18(14-16)10-5-2-6-11-18/h15-17,19H,2-14H2,1H3. The van der Waals surface area contributed by atoms with Gasteiger partial charge in [-0.05, 0) is 57.4 Å². The normalized spacial score (nSPS) is 38.5. The summed E-state index contributed by atoms with van der Waals surface area (Å²) in [4.78, 5) is 0. The van der Waals surface area contributed by atoms with Crippen molar-refractivity contribution >= 4 is 0 Å². The summed E-state index contributed by atoms with van der Waals surface area (Å²) in [5.41, 5.74) is 0.294. The Bertz CT molecular complexity index is 292. The van der Waals surface area contributed by atoms with Gasteiger partial charge in [0.2, 0.25) is 0 Å². The van der Waals surface area contributed by atoms with Crippen LogP contribution in [-0.2, 0) is 4.74 Å². The van der Waals surface area contributed by atoms with Gasteiger partial charge < -0.3 is 10.1 Å². The summed E-state index contributed by atoms with van der Waals surface area (Å²) in [5.74, 6) is 1.90. The van der Waals surface area contributed by atoms with E-state index in [1.165, 1.54) is 77.0 Å². The molecule has 0 amide bonds. The van der Waals surface area contributed by atoms with Crippen molar-refractivity contribution in [2.24, 2.45) is 11.8 Å². The maximum Gasteiger partial charge on any atom is 0.0685 e. The van der Waals surface area contributed by atoms with Gasteiger partial charge in [0, 0.05) is 12.6 Å². The van der Waals surface area contributed by atoms with Gasteiger partial charge in [-0.1, -0.05) is 38.5 Å². The quantitative estimate of drug-likeness (QED) is 0.762. The first kappa shape index (κ1) is 14.8. The summed E-state index contributed by atoms with van der Waals surface area (Å²) in [6, 6.07) is 0.771. The molecular weight excluding hydrogens is 246 g/mol. The van der Waals surface area contributed by atoms with Gasteiger partial charge >= 0.3 is 0 Å². The lowest BCUT2D eigenvalue weighted by Crippen LogP contribution is -2.43. The van der Waals surface area contributed by atoms with E-state index in [-0.39, 0.29) is 0 Å². The molecule has 0 aromatic heterocycles. The van der Waals surface area contributed by atoms with Crippen LogP contribution in [0.15, 0.2) is 0 Å². The summed E-state index contributed by atoms with van der Waals surface area (Å²) in [6.45, 7) is 1.03. The molecule has 1 spiro atoms. The van der Waals surface area contributed by atoms with Gasteiger partial charge in [-0.25, -0.2) is 0 Å². The average molecular weight is 279 g/mol. The molecule has 3 fully saturated rings. The Morgan fingerprint density at radius 3 is 2.50 bits per heavy atom. The van der Waals surface area contributed by atoms with E-state index in [0.29, 0.717) is 5.60 Å². The largest absolute Gasteiger partial charge is 0.375 e. The van der Waals surface area contributed by atoms with Gasteiger partial charge in [0.15, 0.2) is 0 Å². The second-order valence-corrected chi connectivity index (χ2v) is 7.61. The Morgan fingerprint density at radius 2 is 1.70 bits per heavy atom. The van der Waals surface area contributed by atoms with Gasteiger partial charge in [0.25, 0.3) is 0 Å². The van der Waals surface area contributed by atoms with Gasteiger partial charge in [0.1, 0.15) is 0 Å². The highest BCUT2D eigenvalue weighted by Gasteiger charge is 2.41. The Hall–Kier alpha value is -0.0800. The highest BCUT2D eigenvalue weighted by atomic mass is 16.5. The molecule has 1 aliphatic heterocycles. The second-order valence-electron chi connectivity index (χ2n) is 7.61. The first-order chi connectivity index (χ1) is 9.81. The van der Waals surface area contributed by atoms with Gasteiger partial charge in [-0.2, -0.15) is 0 Å². The van der Waals surface area contributed by atoms with E-state index in [9.17, 15) is 0 Å². The third-order valence-electron chi connectivity index (χ3n) is 6.34. The topological polar surface area (TPSA) is 21.3 Å². The molecule has 3 atom stereocenters. The van der Waals surface area contributed by atoms with Crippen LogP contribution in [0.5, 0.6) is 0 Å². The zero-order valence-corrected chi connectivity index (χ0v) is 13.3. The second kappa shape index (κ2) is 6.79. The predicted molar refractivity (Wildman–Crippen MR) is 83.9 cm³/mol. The summed E-state index contributed by atoms with van der Waals surface area (Å²) in [5, 5.41) is 3.55. The van der Waals surface area contributed by atoms with E-state index < -0.39 is 0 Å². The fourth-order valence-corrected chi connectivity index (χ4v) is 5.10. The molecule has 2 heteroatoms. The zero-order chi connectivity index (χ0) is 13.8. The smallest absolute Gasteiger partial charge is 0.0685 e. The van der Waals surface area contributed by atoms with E-state index in [1.54, 1.807) is 0 Å². The molecule has 1 saturated heterocycles.